The van der Waals surface area contributed by atoms with E-state index in [1.54, 1.807) is 0 Å². The van der Waals surface area contributed by atoms with Crippen LogP contribution in [0.1, 0.15) is 36.4 Å². The molecule has 4 rings (SSSR count). The van der Waals surface area contributed by atoms with Crippen molar-refractivity contribution in [1.29, 1.82) is 0 Å². The summed E-state index contributed by atoms with van der Waals surface area (Å²) in [5, 5.41) is 6.14. The molecule has 1 atom stereocenters. The average Bonchev–Trinajstić information content (AvgIpc) is 3.12. The van der Waals surface area contributed by atoms with E-state index in [4.69, 9.17) is 0 Å². The predicted molar refractivity (Wildman–Crippen MR) is 105 cm³/mol. The Bertz CT molecular complexity index is 813. The minimum atomic E-state index is -0.0403. The van der Waals surface area contributed by atoms with Crippen molar-refractivity contribution in [2.75, 3.05) is 18.4 Å². The van der Waals surface area contributed by atoms with Gasteiger partial charge in [0.15, 0.2) is 0 Å². The number of fused-ring (bicyclic) bond motifs is 1. The van der Waals surface area contributed by atoms with Crippen LogP contribution in [0.15, 0.2) is 54.6 Å². The standard InChI is InChI=1S/C22H25N3O2/c26-21(23-18-7-2-1-3-8-18)17-12-14-25(15-13-17)22(27)24-20-11-10-16-6-4-5-9-19(16)20/h1-9,17,20H,10-15H2,(H,23,26)(H,24,27). The fourth-order valence-corrected chi connectivity index (χ4v) is 4.06. The second kappa shape index (κ2) is 7.82. The number of carbonyl (C=O) groups is 2. The lowest BCUT2D eigenvalue weighted by Gasteiger charge is -2.32. The molecule has 1 saturated heterocycles. The maximum absolute atomic E-state index is 12.6. The van der Waals surface area contributed by atoms with Crippen LogP contribution in [0.25, 0.3) is 0 Å². The van der Waals surface area contributed by atoms with Crippen LogP contribution in [-0.4, -0.2) is 29.9 Å². The molecule has 1 unspecified atom stereocenters. The molecule has 140 valence electrons. The number of hydrogen-bond donors (Lipinski definition) is 2. The molecule has 5 heteroatoms. The summed E-state index contributed by atoms with van der Waals surface area (Å²) in [6.07, 6.45) is 3.38. The van der Waals surface area contributed by atoms with E-state index < -0.39 is 0 Å². The zero-order chi connectivity index (χ0) is 18.6. The summed E-state index contributed by atoms with van der Waals surface area (Å²) < 4.78 is 0. The normalized spacial score (nSPS) is 19.4. The van der Waals surface area contributed by atoms with Gasteiger partial charge in [-0.05, 0) is 48.9 Å². The molecule has 2 aliphatic rings. The molecule has 1 aliphatic carbocycles. The Labute approximate surface area is 159 Å². The predicted octanol–water partition coefficient (Wildman–Crippen LogP) is 3.73. The summed E-state index contributed by atoms with van der Waals surface area (Å²) in [5.41, 5.74) is 3.39. The van der Waals surface area contributed by atoms with E-state index in [2.05, 4.69) is 22.8 Å². The maximum Gasteiger partial charge on any atom is 0.317 e. The molecule has 0 radical (unpaired) electrons. The van der Waals surface area contributed by atoms with Gasteiger partial charge in [0.2, 0.25) is 5.91 Å². The van der Waals surface area contributed by atoms with Crippen LogP contribution < -0.4 is 10.6 Å². The lowest BCUT2D eigenvalue weighted by molar-refractivity contribution is -0.121. The summed E-state index contributed by atoms with van der Waals surface area (Å²) >= 11 is 0. The minimum absolute atomic E-state index is 0.0152. The third-order valence-corrected chi connectivity index (χ3v) is 5.62. The number of para-hydroxylation sites is 1. The van der Waals surface area contributed by atoms with Gasteiger partial charge >= 0.3 is 6.03 Å². The van der Waals surface area contributed by atoms with E-state index in [1.807, 2.05) is 47.4 Å². The summed E-state index contributed by atoms with van der Waals surface area (Å²) in [6.45, 7) is 1.24. The number of urea groups is 1. The number of anilines is 1. The van der Waals surface area contributed by atoms with Crippen LogP contribution in [0.4, 0.5) is 10.5 Å². The van der Waals surface area contributed by atoms with Crippen LogP contribution in [0.5, 0.6) is 0 Å². The first-order chi connectivity index (χ1) is 13.2. The van der Waals surface area contributed by atoms with Crippen molar-refractivity contribution in [3.8, 4) is 0 Å². The van der Waals surface area contributed by atoms with Crippen molar-refractivity contribution in [3.63, 3.8) is 0 Å². The van der Waals surface area contributed by atoms with Crippen LogP contribution in [0.2, 0.25) is 0 Å². The number of amides is 3. The second-order valence-corrected chi connectivity index (χ2v) is 7.36. The van der Waals surface area contributed by atoms with Crippen molar-refractivity contribution in [3.05, 3.63) is 65.7 Å². The van der Waals surface area contributed by atoms with Crippen molar-refractivity contribution >= 4 is 17.6 Å². The smallest absolute Gasteiger partial charge is 0.317 e. The molecule has 2 aromatic carbocycles. The average molecular weight is 363 g/mol. The first kappa shape index (κ1) is 17.6. The first-order valence-electron chi connectivity index (χ1n) is 9.70. The van der Waals surface area contributed by atoms with E-state index in [0.29, 0.717) is 25.9 Å². The van der Waals surface area contributed by atoms with Gasteiger partial charge in [-0.25, -0.2) is 4.79 Å². The van der Waals surface area contributed by atoms with Crippen LogP contribution >= 0.6 is 0 Å². The Kier molecular flexibility index (Phi) is 5.10. The molecular weight excluding hydrogens is 338 g/mol. The topological polar surface area (TPSA) is 61.4 Å². The Balaban J connectivity index is 1.28. The Hall–Kier alpha value is -2.82. The second-order valence-electron chi connectivity index (χ2n) is 7.36. The third kappa shape index (κ3) is 3.97. The van der Waals surface area contributed by atoms with E-state index in [9.17, 15) is 9.59 Å². The van der Waals surface area contributed by atoms with Gasteiger partial charge in [0, 0.05) is 24.7 Å². The highest BCUT2D eigenvalue weighted by Gasteiger charge is 2.30. The number of aryl methyl sites for hydroxylation is 1. The molecule has 1 heterocycles. The van der Waals surface area contributed by atoms with Gasteiger partial charge in [-0.1, -0.05) is 42.5 Å². The van der Waals surface area contributed by atoms with E-state index >= 15 is 0 Å². The molecule has 2 N–H and O–H groups in total. The van der Waals surface area contributed by atoms with Gasteiger partial charge in [0.1, 0.15) is 0 Å². The van der Waals surface area contributed by atoms with Crippen molar-refractivity contribution in [2.24, 2.45) is 5.92 Å². The Morgan fingerprint density at radius 3 is 2.37 bits per heavy atom. The van der Waals surface area contributed by atoms with E-state index in [-0.39, 0.29) is 23.9 Å². The van der Waals surface area contributed by atoms with Crippen LogP contribution in [0, 0.1) is 5.92 Å². The van der Waals surface area contributed by atoms with Crippen molar-refractivity contribution in [1.82, 2.24) is 10.2 Å². The van der Waals surface area contributed by atoms with Gasteiger partial charge in [-0.2, -0.15) is 0 Å². The van der Waals surface area contributed by atoms with Crippen LogP contribution in [0.3, 0.4) is 0 Å². The summed E-state index contributed by atoms with van der Waals surface area (Å²) in [4.78, 5) is 26.9. The fraction of sp³-hybridized carbons (Fsp3) is 0.364. The molecule has 0 saturated carbocycles. The highest BCUT2D eigenvalue weighted by molar-refractivity contribution is 5.92. The number of likely N-dealkylation sites (tertiary alicyclic amines) is 1. The molecule has 2 aromatic rings. The SMILES string of the molecule is O=C(Nc1ccccc1)C1CCN(C(=O)NC2CCc3ccccc32)CC1. The van der Waals surface area contributed by atoms with Crippen LogP contribution in [-0.2, 0) is 11.2 Å². The molecule has 0 spiro atoms. The van der Waals surface area contributed by atoms with Gasteiger partial charge in [-0.15, -0.1) is 0 Å². The zero-order valence-corrected chi connectivity index (χ0v) is 15.4. The number of nitrogens with one attached hydrogen (secondary N) is 2. The van der Waals surface area contributed by atoms with Gasteiger partial charge in [0.05, 0.1) is 6.04 Å². The number of benzene rings is 2. The highest BCUT2D eigenvalue weighted by Crippen LogP contribution is 2.31. The number of nitrogens with zero attached hydrogens (tertiary/aromatic N) is 1. The summed E-state index contributed by atoms with van der Waals surface area (Å²) in [7, 11) is 0. The molecule has 1 fully saturated rings. The van der Waals surface area contributed by atoms with E-state index in [0.717, 1.165) is 18.5 Å². The highest BCUT2D eigenvalue weighted by atomic mass is 16.2. The number of piperidine rings is 1. The molecule has 1 aliphatic heterocycles. The fourth-order valence-electron chi connectivity index (χ4n) is 4.06. The third-order valence-electron chi connectivity index (χ3n) is 5.62. The molecule has 27 heavy (non-hydrogen) atoms. The van der Waals surface area contributed by atoms with Gasteiger partial charge in [0.25, 0.3) is 0 Å². The molecule has 3 amide bonds. The summed E-state index contributed by atoms with van der Waals surface area (Å²) in [5.74, 6) is 0.00689. The lowest BCUT2D eigenvalue weighted by atomic mass is 9.96. The lowest BCUT2D eigenvalue weighted by Crippen LogP contribution is -2.46. The van der Waals surface area contributed by atoms with E-state index in [1.165, 1.54) is 11.1 Å². The molecule has 0 bridgehead atoms. The molecule has 0 aromatic heterocycles. The number of rotatable bonds is 3. The maximum atomic E-state index is 12.6. The quantitative estimate of drug-likeness (QED) is 0.873. The largest absolute Gasteiger partial charge is 0.331 e. The van der Waals surface area contributed by atoms with Gasteiger partial charge < -0.3 is 15.5 Å². The monoisotopic (exact) mass is 363 g/mol. The minimum Gasteiger partial charge on any atom is -0.331 e. The summed E-state index contributed by atoms with van der Waals surface area (Å²) in [6, 6.07) is 17.9. The molecule has 5 nitrogen and oxygen atoms in total. The number of hydrogen-bond acceptors (Lipinski definition) is 2. The molecular formula is C22H25N3O2. The Morgan fingerprint density at radius 1 is 0.889 bits per heavy atom. The first-order valence-corrected chi connectivity index (χ1v) is 9.70. The zero-order valence-electron chi connectivity index (χ0n) is 15.4. The van der Waals surface area contributed by atoms with Crippen molar-refractivity contribution in [2.45, 2.75) is 31.7 Å². The Morgan fingerprint density at radius 2 is 1.59 bits per heavy atom. The van der Waals surface area contributed by atoms with Crippen molar-refractivity contribution < 1.29 is 9.59 Å². The number of carbonyl (C=O) groups excluding carboxylic acids is 2. The van der Waals surface area contributed by atoms with Gasteiger partial charge in [-0.3, -0.25) is 4.79 Å².